The van der Waals surface area contributed by atoms with E-state index in [1.165, 1.54) is 12.3 Å². The summed E-state index contributed by atoms with van der Waals surface area (Å²) in [7, 11) is 1.60. The normalized spacial score (nSPS) is 15.6. The van der Waals surface area contributed by atoms with Crippen LogP contribution in [0.1, 0.15) is 42.7 Å². The predicted octanol–water partition coefficient (Wildman–Crippen LogP) is 3.79. The fourth-order valence-corrected chi connectivity index (χ4v) is 3.31. The van der Waals surface area contributed by atoms with Gasteiger partial charge in [0, 0.05) is 23.9 Å². The SMILES string of the molecule is COc1ccc2c(c1)-c1cc(=O)c(C(=O)O)cn1C(C(C)(C)C)C2.Cl. The first kappa shape index (κ1) is 19.1. The van der Waals surface area contributed by atoms with Crippen LogP contribution in [-0.2, 0) is 6.42 Å². The summed E-state index contributed by atoms with van der Waals surface area (Å²) in [5.41, 5.74) is 2.04. The Morgan fingerprint density at radius 1 is 1.28 bits per heavy atom. The number of aromatic carboxylic acids is 1. The van der Waals surface area contributed by atoms with Gasteiger partial charge in [-0.25, -0.2) is 4.79 Å². The smallest absolute Gasteiger partial charge is 0.341 e. The summed E-state index contributed by atoms with van der Waals surface area (Å²) in [6.45, 7) is 6.36. The summed E-state index contributed by atoms with van der Waals surface area (Å²) < 4.78 is 7.24. The molecule has 25 heavy (non-hydrogen) atoms. The van der Waals surface area contributed by atoms with Crippen LogP contribution in [-0.4, -0.2) is 22.8 Å². The van der Waals surface area contributed by atoms with Gasteiger partial charge in [-0.15, -0.1) is 12.4 Å². The van der Waals surface area contributed by atoms with Crippen LogP contribution in [0.3, 0.4) is 0 Å². The second-order valence-corrected chi connectivity index (χ2v) is 7.26. The van der Waals surface area contributed by atoms with Gasteiger partial charge in [-0.05, 0) is 29.5 Å². The number of benzene rings is 1. The summed E-state index contributed by atoms with van der Waals surface area (Å²) in [6.07, 6.45) is 2.26. The Kier molecular flexibility index (Phi) is 5.00. The molecule has 1 unspecified atom stereocenters. The third-order valence-electron chi connectivity index (χ3n) is 4.65. The Morgan fingerprint density at radius 2 is 1.96 bits per heavy atom. The third-order valence-corrected chi connectivity index (χ3v) is 4.65. The number of halogens is 1. The van der Waals surface area contributed by atoms with Crippen molar-refractivity contribution in [1.29, 1.82) is 0 Å². The van der Waals surface area contributed by atoms with Crippen LogP contribution in [0.4, 0.5) is 0 Å². The fraction of sp³-hybridized carbons (Fsp3) is 0.368. The number of pyridine rings is 1. The Labute approximate surface area is 152 Å². The molecule has 1 aliphatic rings. The molecule has 0 amide bonds. The number of rotatable bonds is 2. The molecular formula is C19H22ClNO4. The molecule has 1 aliphatic heterocycles. The zero-order chi connectivity index (χ0) is 17.6. The lowest BCUT2D eigenvalue weighted by molar-refractivity contribution is 0.0693. The zero-order valence-electron chi connectivity index (χ0n) is 14.7. The van der Waals surface area contributed by atoms with E-state index in [9.17, 15) is 14.7 Å². The molecule has 0 spiro atoms. The molecule has 6 heteroatoms. The lowest BCUT2D eigenvalue weighted by Gasteiger charge is -2.39. The number of carbonyl (C=O) groups is 1. The summed E-state index contributed by atoms with van der Waals surface area (Å²) in [5, 5.41) is 9.30. The summed E-state index contributed by atoms with van der Waals surface area (Å²) in [4.78, 5) is 23.6. The fourth-order valence-electron chi connectivity index (χ4n) is 3.31. The molecule has 2 aromatic rings. The monoisotopic (exact) mass is 363 g/mol. The van der Waals surface area contributed by atoms with E-state index in [2.05, 4.69) is 20.8 Å². The number of ether oxygens (including phenoxy) is 1. The minimum absolute atomic E-state index is 0. The average molecular weight is 364 g/mol. The minimum atomic E-state index is -1.20. The maximum absolute atomic E-state index is 12.2. The second-order valence-electron chi connectivity index (χ2n) is 7.26. The first-order chi connectivity index (χ1) is 11.2. The number of fused-ring (bicyclic) bond motifs is 3. The maximum atomic E-state index is 12.2. The molecular weight excluding hydrogens is 342 g/mol. The Hall–Kier alpha value is -2.27. The van der Waals surface area contributed by atoms with E-state index in [4.69, 9.17) is 4.74 Å². The van der Waals surface area contributed by atoms with Crippen molar-refractivity contribution in [3.05, 3.63) is 51.8 Å². The second kappa shape index (κ2) is 6.56. The van der Waals surface area contributed by atoms with Crippen LogP contribution in [0.15, 0.2) is 35.3 Å². The first-order valence-corrected chi connectivity index (χ1v) is 7.89. The van der Waals surface area contributed by atoms with Crippen molar-refractivity contribution in [1.82, 2.24) is 4.57 Å². The number of carboxylic acid groups (broad SMARTS) is 1. The summed E-state index contributed by atoms with van der Waals surface area (Å²) in [6, 6.07) is 7.33. The molecule has 1 atom stereocenters. The molecule has 5 nitrogen and oxygen atoms in total. The average Bonchev–Trinajstić information content (AvgIpc) is 2.51. The molecule has 1 aromatic carbocycles. The van der Waals surface area contributed by atoms with E-state index < -0.39 is 11.4 Å². The number of aromatic nitrogens is 1. The van der Waals surface area contributed by atoms with Gasteiger partial charge in [0.25, 0.3) is 0 Å². The number of hydrogen-bond donors (Lipinski definition) is 1. The molecule has 2 heterocycles. The standard InChI is InChI=1S/C19H21NO4.ClH/c1-19(2,3)17-7-11-5-6-12(24-4)8-13(11)15-9-16(21)14(18(22)23)10-20(15)17;/h5-6,8-10,17H,7H2,1-4H3,(H,22,23);1H. The lowest BCUT2D eigenvalue weighted by atomic mass is 9.79. The van der Waals surface area contributed by atoms with Gasteiger partial charge in [0.1, 0.15) is 11.3 Å². The Morgan fingerprint density at radius 3 is 2.52 bits per heavy atom. The van der Waals surface area contributed by atoms with E-state index in [0.29, 0.717) is 5.75 Å². The van der Waals surface area contributed by atoms with Gasteiger partial charge < -0.3 is 14.4 Å². The van der Waals surface area contributed by atoms with Crippen LogP contribution in [0, 0.1) is 5.41 Å². The highest BCUT2D eigenvalue weighted by molar-refractivity contribution is 5.87. The van der Waals surface area contributed by atoms with Gasteiger partial charge in [0.2, 0.25) is 0 Å². The lowest BCUT2D eigenvalue weighted by Crippen LogP contribution is -2.32. The molecule has 0 radical (unpaired) electrons. The summed E-state index contributed by atoms with van der Waals surface area (Å²) in [5.74, 6) is -0.483. The van der Waals surface area contributed by atoms with Crippen LogP contribution >= 0.6 is 12.4 Å². The summed E-state index contributed by atoms with van der Waals surface area (Å²) >= 11 is 0. The highest BCUT2D eigenvalue weighted by Crippen LogP contribution is 2.43. The zero-order valence-corrected chi connectivity index (χ0v) is 15.5. The van der Waals surface area contributed by atoms with Gasteiger partial charge in [-0.3, -0.25) is 4.79 Å². The van der Waals surface area contributed by atoms with Gasteiger partial charge in [-0.2, -0.15) is 0 Å². The highest BCUT2D eigenvalue weighted by atomic mass is 35.5. The topological polar surface area (TPSA) is 68.5 Å². The Balaban J connectivity index is 0.00000225. The molecule has 0 fully saturated rings. The van der Waals surface area contributed by atoms with E-state index in [-0.39, 0.29) is 29.4 Å². The number of carboxylic acids is 1. The molecule has 0 saturated heterocycles. The van der Waals surface area contributed by atoms with Crippen LogP contribution in [0.25, 0.3) is 11.3 Å². The van der Waals surface area contributed by atoms with E-state index in [0.717, 1.165) is 23.2 Å². The first-order valence-electron chi connectivity index (χ1n) is 7.89. The molecule has 1 N–H and O–H groups in total. The maximum Gasteiger partial charge on any atom is 0.341 e. The number of methoxy groups -OCH3 is 1. The molecule has 3 rings (SSSR count). The minimum Gasteiger partial charge on any atom is -0.497 e. The number of nitrogens with zero attached hydrogens (tertiary/aromatic N) is 1. The quantitative estimate of drug-likeness (QED) is 0.881. The van der Waals surface area contributed by atoms with Crippen molar-refractivity contribution in [2.45, 2.75) is 33.2 Å². The van der Waals surface area contributed by atoms with Gasteiger partial charge in [0.05, 0.1) is 12.8 Å². The van der Waals surface area contributed by atoms with Gasteiger partial charge >= 0.3 is 5.97 Å². The van der Waals surface area contributed by atoms with Gasteiger partial charge in [-0.1, -0.05) is 26.8 Å². The van der Waals surface area contributed by atoms with Crippen LogP contribution < -0.4 is 10.2 Å². The molecule has 0 aliphatic carbocycles. The van der Waals surface area contributed by atoms with Crippen molar-refractivity contribution in [2.75, 3.05) is 7.11 Å². The van der Waals surface area contributed by atoms with Crippen molar-refractivity contribution in [3.63, 3.8) is 0 Å². The van der Waals surface area contributed by atoms with Crippen LogP contribution in [0.2, 0.25) is 0 Å². The van der Waals surface area contributed by atoms with Gasteiger partial charge in [0.15, 0.2) is 5.43 Å². The van der Waals surface area contributed by atoms with Crippen molar-refractivity contribution in [3.8, 4) is 17.0 Å². The van der Waals surface area contributed by atoms with E-state index >= 15 is 0 Å². The largest absolute Gasteiger partial charge is 0.497 e. The molecule has 134 valence electrons. The van der Waals surface area contributed by atoms with E-state index in [1.54, 1.807) is 7.11 Å². The van der Waals surface area contributed by atoms with Crippen molar-refractivity contribution < 1.29 is 14.6 Å². The predicted molar refractivity (Wildman–Crippen MR) is 99.1 cm³/mol. The van der Waals surface area contributed by atoms with Crippen molar-refractivity contribution >= 4 is 18.4 Å². The molecule has 1 aromatic heterocycles. The van der Waals surface area contributed by atoms with E-state index in [1.807, 2.05) is 22.8 Å². The van der Waals surface area contributed by atoms with Crippen LogP contribution in [0.5, 0.6) is 5.75 Å². The number of hydrogen-bond acceptors (Lipinski definition) is 3. The van der Waals surface area contributed by atoms with Crippen molar-refractivity contribution in [2.24, 2.45) is 5.41 Å². The Bertz CT molecular complexity index is 880. The third kappa shape index (κ3) is 3.29. The molecule has 0 bridgehead atoms. The molecule has 0 saturated carbocycles. The highest BCUT2D eigenvalue weighted by Gasteiger charge is 2.33.